The van der Waals surface area contributed by atoms with E-state index in [1.807, 2.05) is 27.7 Å². The molecule has 1 atom stereocenters. The molecule has 0 aromatic heterocycles. The van der Waals surface area contributed by atoms with Crippen LogP contribution in [0.4, 0.5) is 0 Å². The molecule has 0 spiro atoms. The maximum absolute atomic E-state index is 12.5. The lowest BCUT2D eigenvalue weighted by Crippen LogP contribution is -2.42. The molecular weight excluding hydrogens is 268 g/mol. The second-order valence-electron chi connectivity index (χ2n) is 5.94. The molecule has 0 saturated carbocycles. The first kappa shape index (κ1) is 15.2. The molecule has 1 aromatic carbocycles. The second-order valence-corrected chi connectivity index (χ2v) is 5.94. The predicted octanol–water partition coefficient (Wildman–Crippen LogP) is 2.33. The van der Waals surface area contributed by atoms with Gasteiger partial charge in [-0.1, -0.05) is 19.9 Å². The molecule has 0 aliphatic carbocycles. The number of carboxylic acid groups (broad SMARTS) is 1. The number of aliphatic imine (C=N–C) groups is 1. The molecule has 5 heteroatoms. The van der Waals surface area contributed by atoms with Crippen LogP contribution in [0, 0.1) is 12.8 Å². The van der Waals surface area contributed by atoms with Crippen molar-refractivity contribution in [2.24, 2.45) is 10.9 Å². The molecule has 112 valence electrons. The van der Waals surface area contributed by atoms with Gasteiger partial charge in [-0.25, -0.2) is 4.79 Å². The van der Waals surface area contributed by atoms with Gasteiger partial charge in [-0.05, 0) is 37.5 Å². The van der Waals surface area contributed by atoms with E-state index in [4.69, 9.17) is 5.11 Å². The highest BCUT2D eigenvalue weighted by atomic mass is 16.4. The largest absolute Gasteiger partial charge is 0.478 e. The number of carbonyl (C=O) groups excluding carboxylic acids is 1. The van der Waals surface area contributed by atoms with Crippen molar-refractivity contribution in [1.29, 1.82) is 0 Å². The summed E-state index contributed by atoms with van der Waals surface area (Å²) in [5.41, 5.74) is 0.981. The minimum absolute atomic E-state index is 0.0624. The highest BCUT2D eigenvalue weighted by molar-refractivity contribution is 6.16. The molecule has 1 heterocycles. The van der Waals surface area contributed by atoms with Crippen LogP contribution >= 0.6 is 0 Å². The molecule has 5 nitrogen and oxygen atoms in total. The average Bonchev–Trinajstić information content (AvgIpc) is 2.65. The normalized spacial score (nSPS) is 21.9. The van der Waals surface area contributed by atoms with E-state index in [1.165, 1.54) is 4.90 Å². The summed E-state index contributed by atoms with van der Waals surface area (Å²) < 4.78 is 0. The number of hydrogen-bond donors (Lipinski definition) is 1. The molecule has 0 bridgehead atoms. The molecule has 0 radical (unpaired) electrons. The van der Waals surface area contributed by atoms with Gasteiger partial charge >= 0.3 is 5.97 Å². The zero-order chi connectivity index (χ0) is 15.9. The fourth-order valence-corrected chi connectivity index (χ4v) is 2.39. The van der Waals surface area contributed by atoms with E-state index >= 15 is 0 Å². The van der Waals surface area contributed by atoms with E-state index in [9.17, 15) is 9.59 Å². The van der Waals surface area contributed by atoms with Crippen LogP contribution in [0.3, 0.4) is 0 Å². The average molecular weight is 288 g/mol. The van der Waals surface area contributed by atoms with Crippen molar-refractivity contribution in [2.75, 3.05) is 7.05 Å². The molecule has 1 unspecified atom stereocenters. The molecule has 21 heavy (non-hydrogen) atoms. The summed E-state index contributed by atoms with van der Waals surface area (Å²) in [6, 6.07) is 4.87. The van der Waals surface area contributed by atoms with Crippen molar-refractivity contribution in [3.05, 3.63) is 34.9 Å². The number of carbonyl (C=O) groups is 2. The molecule has 0 fully saturated rings. The van der Waals surface area contributed by atoms with Crippen LogP contribution in [0.1, 0.15) is 42.3 Å². The summed E-state index contributed by atoms with van der Waals surface area (Å²) in [6.45, 7) is 7.62. The van der Waals surface area contributed by atoms with Gasteiger partial charge in [0.1, 0.15) is 11.4 Å². The van der Waals surface area contributed by atoms with Crippen LogP contribution in [-0.2, 0) is 4.79 Å². The Labute approximate surface area is 124 Å². The Bertz CT molecular complexity index is 649. The summed E-state index contributed by atoms with van der Waals surface area (Å²) in [7, 11) is 1.68. The molecular formula is C16H20N2O3. The molecule has 1 aliphatic heterocycles. The predicted molar refractivity (Wildman–Crippen MR) is 80.7 cm³/mol. The number of benzene rings is 1. The number of nitrogens with zero attached hydrogens (tertiary/aromatic N) is 2. The highest BCUT2D eigenvalue weighted by Crippen LogP contribution is 2.32. The van der Waals surface area contributed by atoms with Crippen LogP contribution < -0.4 is 0 Å². The first-order chi connectivity index (χ1) is 9.68. The van der Waals surface area contributed by atoms with Gasteiger partial charge < -0.3 is 5.11 Å². The molecule has 2 rings (SSSR count). The smallest absolute Gasteiger partial charge is 0.335 e. The summed E-state index contributed by atoms with van der Waals surface area (Å²) in [5, 5.41) is 9.13. The van der Waals surface area contributed by atoms with Gasteiger partial charge in [-0.15, -0.1) is 0 Å². The Morgan fingerprint density at radius 2 is 2.00 bits per heavy atom. The van der Waals surface area contributed by atoms with Crippen LogP contribution in [0.2, 0.25) is 0 Å². The van der Waals surface area contributed by atoms with Gasteiger partial charge in [0.25, 0.3) is 5.91 Å². The number of amides is 1. The molecule has 0 saturated heterocycles. The van der Waals surface area contributed by atoms with Gasteiger partial charge in [0.15, 0.2) is 0 Å². The van der Waals surface area contributed by atoms with Crippen LogP contribution in [0.15, 0.2) is 23.2 Å². The van der Waals surface area contributed by atoms with E-state index < -0.39 is 11.5 Å². The van der Waals surface area contributed by atoms with Crippen LogP contribution in [0.25, 0.3) is 0 Å². The van der Waals surface area contributed by atoms with E-state index in [2.05, 4.69) is 4.99 Å². The third-order valence-corrected chi connectivity index (χ3v) is 4.24. The van der Waals surface area contributed by atoms with E-state index in [1.54, 1.807) is 25.2 Å². The highest BCUT2D eigenvalue weighted by Gasteiger charge is 2.45. The third-order valence-electron chi connectivity index (χ3n) is 4.24. The van der Waals surface area contributed by atoms with Crippen LogP contribution in [0.5, 0.6) is 0 Å². The van der Waals surface area contributed by atoms with Gasteiger partial charge in [-0.3, -0.25) is 14.7 Å². The molecule has 1 N–H and O–H groups in total. The van der Waals surface area contributed by atoms with Crippen molar-refractivity contribution < 1.29 is 14.7 Å². The lowest BCUT2D eigenvalue weighted by Gasteiger charge is -2.23. The quantitative estimate of drug-likeness (QED) is 0.928. The summed E-state index contributed by atoms with van der Waals surface area (Å²) in [5.74, 6) is -0.451. The fraction of sp³-hybridized carbons (Fsp3) is 0.438. The van der Waals surface area contributed by atoms with Gasteiger partial charge in [0.05, 0.1) is 5.56 Å². The Morgan fingerprint density at radius 1 is 1.38 bits per heavy atom. The number of hydrogen-bond acceptors (Lipinski definition) is 3. The Balaban J connectivity index is 2.59. The lowest BCUT2D eigenvalue weighted by atomic mass is 9.89. The van der Waals surface area contributed by atoms with E-state index in [-0.39, 0.29) is 17.4 Å². The van der Waals surface area contributed by atoms with Crippen molar-refractivity contribution in [1.82, 2.24) is 4.90 Å². The molecule has 1 aliphatic rings. The van der Waals surface area contributed by atoms with Gasteiger partial charge in [0, 0.05) is 12.6 Å². The Morgan fingerprint density at radius 3 is 2.48 bits per heavy atom. The molecule has 1 amide bonds. The maximum atomic E-state index is 12.5. The number of aryl methyl sites for hydroxylation is 1. The Hall–Kier alpha value is -2.17. The minimum atomic E-state index is -0.990. The van der Waals surface area contributed by atoms with E-state index in [0.717, 1.165) is 5.56 Å². The second kappa shape index (κ2) is 4.98. The Kier molecular flexibility index (Phi) is 3.61. The zero-order valence-corrected chi connectivity index (χ0v) is 13.0. The lowest BCUT2D eigenvalue weighted by molar-refractivity contribution is -0.131. The number of rotatable bonds is 3. The first-order valence-electron chi connectivity index (χ1n) is 6.90. The van der Waals surface area contributed by atoms with Crippen molar-refractivity contribution in [2.45, 2.75) is 33.2 Å². The zero-order valence-electron chi connectivity index (χ0n) is 13.0. The monoisotopic (exact) mass is 288 g/mol. The van der Waals surface area contributed by atoms with Crippen molar-refractivity contribution in [3.63, 3.8) is 0 Å². The van der Waals surface area contributed by atoms with Crippen LogP contribution in [-0.4, -0.2) is 40.3 Å². The summed E-state index contributed by atoms with van der Waals surface area (Å²) in [6.07, 6.45) is 0. The number of amidine groups is 1. The summed E-state index contributed by atoms with van der Waals surface area (Å²) >= 11 is 0. The number of likely N-dealkylation sites (N-methyl/N-ethyl adjacent to an activating group) is 1. The third kappa shape index (κ3) is 2.33. The van der Waals surface area contributed by atoms with Gasteiger partial charge in [-0.2, -0.15) is 0 Å². The molecule has 1 aromatic rings. The maximum Gasteiger partial charge on any atom is 0.335 e. The van der Waals surface area contributed by atoms with E-state index in [0.29, 0.717) is 11.4 Å². The minimum Gasteiger partial charge on any atom is -0.478 e. The number of carboxylic acids is 1. The SMILES string of the molecule is Cc1ccc(C(=O)O)cc1C1=NC(C)(C(C)C)C(=O)N1C. The topological polar surface area (TPSA) is 70.0 Å². The van der Waals surface area contributed by atoms with Gasteiger partial charge in [0.2, 0.25) is 0 Å². The van der Waals surface area contributed by atoms with Crippen molar-refractivity contribution in [3.8, 4) is 0 Å². The fourth-order valence-electron chi connectivity index (χ4n) is 2.39. The standard InChI is InChI=1S/C16H20N2O3/c1-9(2)16(4)15(21)18(5)13(17-16)12-8-11(14(19)20)7-6-10(12)3/h6-9H,1-5H3,(H,19,20). The van der Waals surface area contributed by atoms with Crippen molar-refractivity contribution >= 4 is 17.7 Å². The number of aromatic carboxylic acids is 1. The first-order valence-corrected chi connectivity index (χ1v) is 6.90. The summed E-state index contributed by atoms with van der Waals surface area (Å²) in [4.78, 5) is 29.8.